The quantitative estimate of drug-likeness (QED) is 0.765. The lowest BCUT2D eigenvalue weighted by atomic mass is 10.0. The first-order valence-electron chi connectivity index (χ1n) is 5.93. The van der Waals surface area contributed by atoms with Crippen LogP contribution < -0.4 is 0 Å². The van der Waals surface area contributed by atoms with Crippen LogP contribution >= 0.6 is 0 Å². The van der Waals surface area contributed by atoms with E-state index in [1.165, 1.54) is 0 Å². The number of likely N-dealkylation sites (N-methyl/N-ethyl adjacent to an activating group) is 1. The van der Waals surface area contributed by atoms with Crippen LogP contribution in [0.5, 0.6) is 0 Å². The van der Waals surface area contributed by atoms with Gasteiger partial charge in [-0.1, -0.05) is 6.07 Å². The highest BCUT2D eigenvalue weighted by Crippen LogP contribution is 2.14. The fraction of sp³-hybridized carbons (Fsp3) is 0.538. The van der Waals surface area contributed by atoms with Crippen molar-refractivity contribution in [2.24, 2.45) is 5.92 Å². The molecule has 1 aromatic rings. The zero-order valence-electron chi connectivity index (χ0n) is 10.1. The molecule has 0 saturated carbocycles. The fourth-order valence-electron chi connectivity index (χ4n) is 2.04. The van der Waals surface area contributed by atoms with E-state index in [4.69, 9.17) is 4.74 Å². The molecule has 1 aromatic heterocycles. The van der Waals surface area contributed by atoms with Crippen LogP contribution in [0.2, 0.25) is 0 Å². The van der Waals surface area contributed by atoms with E-state index in [2.05, 4.69) is 4.98 Å². The van der Waals surface area contributed by atoms with E-state index >= 15 is 0 Å². The average molecular weight is 234 g/mol. The number of carbonyl (C=O) groups is 1. The molecule has 1 fully saturated rings. The highest BCUT2D eigenvalue weighted by molar-refractivity contribution is 5.83. The molecule has 0 N–H and O–H groups in total. The minimum Gasteiger partial charge on any atom is -0.381 e. The van der Waals surface area contributed by atoms with Crippen molar-refractivity contribution >= 4 is 5.78 Å². The van der Waals surface area contributed by atoms with Gasteiger partial charge >= 0.3 is 0 Å². The Morgan fingerprint density at radius 1 is 1.65 bits per heavy atom. The molecule has 2 heterocycles. The summed E-state index contributed by atoms with van der Waals surface area (Å²) < 4.78 is 5.23. The molecule has 0 aromatic carbocycles. The van der Waals surface area contributed by atoms with Gasteiger partial charge in [-0.15, -0.1) is 0 Å². The summed E-state index contributed by atoms with van der Waals surface area (Å²) in [7, 11) is 1.96. The van der Waals surface area contributed by atoms with E-state index in [1.54, 1.807) is 6.20 Å². The number of ether oxygens (including phenoxy) is 1. The van der Waals surface area contributed by atoms with Crippen LogP contribution in [-0.2, 0) is 16.1 Å². The van der Waals surface area contributed by atoms with Crippen molar-refractivity contribution in [1.82, 2.24) is 9.88 Å². The Morgan fingerprint density at radius 3 is 3.18 bits per heavy atom. The molecule has 0 spiro atoms. The number of hydrogen-bond acceptors (Lipinski definition) is 4. The predicted molar refractivity (Wildman–Crippen MR) is 64.5 cm³/mol. The number of nitrogens with zero attached hydrogens (tertiary/aromatic N) is 2. The summed E-state index contributed by atoms with van der Waals surface area (Å²) >= 11 is 0. The maximum Gasteiger partial charge on any atom is 0.152 e. The van der Waals surface area contributed by atoms with Crippen molar-refractivity contribution in [3.8, 4) is 0 Å². The molecule has 17 heavy (non-hydrogen) atoms. The normalized spacial score (nSPS) is 19.8. The minimum absolute atomic E-state index is 0.103. The topological polar surface area (TPSA) is 42.4 Å². The second kappa shape index (κ2) is 5.89. The van der Waals surface area contributed by atoms with Crippen molar-refractivity contribution < 1.29 is 9.53 Å². The SMILES string of the molecule is CN(CC(=O)C1CCOC1)Cc1cccnc1. The van der Waals surface area contributed by atoms with Crippen molar-refractivity contribution in [3.05, 3.63) is 30.1 Å². The molecule has 0 radical (unpaired) electrons. The van der Waals surface area contributed by atoms with Crippen LogP contribution in [0, 0.1) is 5.92 Å². The van der Waals surface area contributed by atoms with Gasteiger partial charge in [-0.05, 0) is 25.1 Å². The summed E-state index contributed by atoms with van der Waals surface area (Å²) in [6.45, 7) is 2.57. The maximum atomic E-state index is 11.9. The summed E-state index contributed by atoms with van der Waals surface area (Å²) in [4.78, 5) is 18.0. The first-order valence-corrected chi connectivity index (χ1v) is 5.93. The Hall–Kier alpha value is -1.26. The molecule has 92 valence electrons. The maximum absolute atomic E-state index is 11.9. The van der Waals surface area contributed by atoms with Gasteiger partial charge in [0.25, 0.3) is 0 Å². The summed E-state index contributed by atoms with van der Waals surface area (Å²) in [5.41, 5.74) is 1.13. The fourth-order valence-corrected chi connectivity index (χ4v) is 2.04. The number of ketones is 1. The standard InChI is InChI=1S/C13H18N2O2/c1-15(8-11-3-2-5-14-7-11)9-13(16)12-4-6-17-10-12/h2-3,5,7,12H,4,6,8-10H2,1H3. The first-order chi connectivity index (χ1) is 8.25. The third-order valence-corrected chi connectivity index (χ3v) is 2.99. The second-order valence-corrected chi connectivity index (χ2v) is 4.56. The lowest BCUT2D eigenvalue weighted by molar-refractivity contribution is -0.123. The molecule has 0 aliphatic carbocycles. The van der Waals surface area contributed by atoms with Gasteiger partial charge in [0.05, 0.1) is 13.2 Å². The summed E-state index contributed by atoms with van der Waals surface area (Å²) in [5.74, 6) is 0.389. The van der Waals surface area contributed by atoms with Gasteiger partial charge in [-0.3, -0.25) is 14.7 Å². The van der Waals surface area contributed by atoms with Crippen LogP contribution in [-0.4, -0.2) is 42.5 Å². The number of hydrogen-bond donors (Lipinski definition) is 0. The lowest BCUT2D eigenvalue weighted by Gasteiger charge is -2.17. The Balaban J connectivity index is 1.80. The Labute approximate surface area is 102 Å². The molecule has 0 bridgehead atoms. The van der Waals surface area contributed by atoms with E-state index in [0.29, 0.717) is 13.2 Å². The lowest BCUT2D eigenvalue weighted by Crippen LogP contribution is -2.30. The molecule has 0 amide bonds. The van der Waals surface area contributed by atoms with E-state index in [0.717, 1.165) is 25.1 Å². The predicted octanol–water partition coefficient (Wildman–Crippen LogP) is 1.12. The second-order valence-electron chi connectivity index (χ2n) is 4.56. The largest absolute Gasteiger partial charge is 0.381 e. The van der Waals surface area contributed by atoms with Gasteiger partial charge in [0.2, 0.25) is 0 Å². The molecule has 1 unspecified atom stereocenters. The molecule has 1 saturated heterocycles. The van der Waals surface area contributed by atoms with Crippen LogP contribution in [0.15, 0.2) is 24.5 Å². The Kier molecular flexibility index (Phi) is 4.23. The van der Waals surface area contributed by atoms with Crippen molar-refractivity contribution in [3.63, 3.8) is 0 Å². The minimum atomic E-state index is 0.103. The number of Topliss-reactive ketones (excluding diaryl/α,β-unsaturated/α-hetero) is 1. The number of pyridine rings is 1. The van der Waals surface area contributed by atoms with Crippen molar-refractivity contribution in [2.45, 2.75) is 13.0 Å². The van der Waals surface area contributed by atoms with Gasteiger partial charge in [0.15, 0.2) is 5.78 Å². The number of rotatable bonds is 5. The zero-order valence-corrected chi connectivity index (χ0v) is 10.1. The number of carbonyl (C=O) groups excluding carboxylic acids is 1. The van der Waals surface area contributed by atoms with Gasteiger partial charge in [0, 0.05) is 31.5 Å². The number of aromatic nitrogens is 1. The molecule has 2 rings (SSSR count). The van der Waals surface area contributed by atoms with Gasteiger partial charge in [-0.25, -0.2) is 0 Å². The monoisotopic (exact) mass is 234 g/mol. The van der Waals surface area contributed by atoms with Crippen LogP contribution in [0.25, 0.3) is 0 Å². The summed E-state index contributed by atoms with van der Waals surface area (Å²) in [6, 6.07) is 3.93. The van der Waals surface area contributed by atoms with Crippen LogP contribution in [0.1, 0.15) is 12.0 Å². The van der Waals surface area contributed by atoms with Gasteiger partial charge in [0.1, 0.15) is 0 Å². The highest BCUT2D eigenvalue weighted by Gasteiger charge is 2.23. The Morgan fingerprint density at radius 2 is 2.53 bits per heavy atom. The van der Waals surface area contributed by atoms with Crippen LogP contribution in [0.3, 0.4) is 0 Å². The van der Waals surface area contributed by atoms with E-state index < -0.39 is 0 Å². The average Bonchev–Trinajstić information content (AvgIpc) is 2.83. The summed E-state index contributed by atoms with van der Waals surface area (Å²) in [6.07, 6.45) is 4.46. The van der Waals surface area contributed by atoms with E-state index in [1.807, 2.05) is 30.3 Å². The van der Waals surface area contributed by atoms with E-state index in [9.17, 15) is 4.79 Å². The molecular formula is C13H18N2O2. The first kappa shape index (κ1) is 12.2. The van der Waals surface area contributed by atoms with E-state index in [-0.39, 0.29) is 11.7 Å². The molecule has 4 heteroatoms. The van der Waals surface area contributed by atoms with Crippen LogP contribution in [0.4, 0.5) is 0 Å². The zero-order chi connectivity index (χ0) is 12.1. The van der Waals surface area contributed by atoms with Gasteiger partial charge < -0.3 is 4.74 Å². The third kappa shape index (κ3) is 3.61. The van der Waals surface area contributed by atoms with Crippen molar-refractivity contribution in [1.29, 1.82) is 0 Å². The molecular weight excluding hydrogens is 216 g/mol. The molecule has 1 aliphatic heterocycles. The molecule has 4 nitrogen and oxygen atoms in total. The van der Waals surface area contributed by atoms with Crippen molar-refractivity contribution in [2.75, 3.05) is 26.8 Å². The highest BCUT2D eigenvalue weighted by atomic mass is 16.5. The summed E-state index contributed by atoms with van der Waals surface area (Å²) in [5, 5.41) is 0. The molecule has 1 atom stereocenters. The van der Waals surface area contributed by atoms with Gasteiger partial charge in [-0.2, -0.15) is 0 Å². The third-order valence-electron chi connectivity index (χ3n) is 2.99. The molecule has 1 aliphatic rings. The smallest absolute Gasteiger partial charge is 0.152 e. The Bertz CT molecular complexity index is 361.